The molecule has 0 fully saturated rings. The van der Waals surface area contributed by atoms with Crippen LogP contribution in [0.15, 0.2) is 30.3 Å². The van der Waals surface area contributed by atoms with Crippen LogP contribution in [0.5, 0.6) is 0 Å². The van der Waals surface area contributed by atoms with Gasteiger partial charge < -0.3 is 15.4 Å². The molecule has 1 aliphatic rings. The number of ether oxygens (including phenoxy) is 1. The van der Waals surface area contributed by atoms with Crippen molar-refractivity contribution in [2.75, 3.05) is 25.0 Å². The Bertz CT molecular complexity index is 817. The van der Waals surface area contributed by atoms with Crippen molar-refractivity contribution < 1.29 is 19.6 Å². The Labute approximate surface area is 170 Å². The van der Waals surface area contributed by atoms with Crippen molar-refractivity contribution in [3.05, 3.63) is 51.9 Å². The van der Waals surface area contributed by atoms with Crippen molar-refractivity contribution in [3.63, 3.8) is 0 Å². The molecule has 3 rings (SSSR count). The number of hydrogen-bond acceptors (Lipinski definition) is 4. The van der Waals surface area contributed by atoms with E-state index in [2.05, 4.69) is 24.4 Å². The minimum absolute atomic E-state index is 0.0785. The van der Waals surface area contributed by atoms with Crippen molar-refractivity contribution in [3.8, 4) is 0 Å². The summed E-state index contributed by atoms with van der Waals surface area (Å²) in [5, 5.41) is 5.62. The number of thiophene rings is 1. The van der Waals surface area contributed by atoms with E-state index >= 15 is 0 Å². The van der Waals surface area contributed by atoms with Crippen LogP contribution in [0.4, 0.5) is 5.00 Å². The van der Waals surface area contributed by atoms with E-state index in [-0.39, 0.29) is 11.9 Å². The molecular weight excluding hydrogens is 372 g/mol. The second kappa shape index (κ2) is 9.85. The molecule has 150 valence electrons. The number of quaternary nitrogens is 1. The molecule has 1 amide bonds. The Morgan fingerprint density at radius 1 is 1.29 bits per heavy atom. The normalized spacial score (nSPS) is 15.7. The van der Waals surface area contributed by atoms with Gasteiger partial charge in [-0.15, -0.1) is 11.3 Å². The number of anilines is 1. The number of hydrogen-bond donors (Lipinski definition) is 2. The van der Waals surface area contributed by atoms with E-state index in [9.17, 15) is 9.59 Å². The smallest absolute Gasteiger partial charge is 0.341 e. The van der Waals surface area contributed by atoms with Crippen LogP contribution in [-0.4, -0.2) is 31.6 Å². The fraction of sp³-hybridized carbons (Fsp3) is 0.455. The van der Waals surface area contributed by atoms with Crippen molar-refractivity contribution in [1.29, 1.82) is 0 Å². The lowest BCUT2D eigenvalue weighted by atomic mass is 9.88. The Morgan fingerprint density at radius 3 is 2.82 bits per heavy atom. The molecule has 28 heavy (non-hydrogen) atoms. The zero-order chi connectivity index (χ0) is 19.9. The first-order chi connectivity index (χ1) is 13.6. The van der Waals surface area contributed by atoms with Gasteiger partial charge >= 0.3 is 5.97 Å². The topological polar surface area (TPSA) is 72.0 Å². The number of esters is 1. The fourth-order valence-electron chi connectivity index (χ4n) is 3.58. The van der Waals surface area contributed by atoms with Gasteiger partial charge in [-0.25, -0.2) is 4.79 Å². The molecule has 1 heterocycles. The zero-order valence-electron chi connectivity index (χ0n) is 16.6. The van der Waals surface area contributed by atoms with Crippen molar-refractivity contribution in [2.24, 2.45) is 5.92 Å². The number of fused-ring (bicyclic) bond motifs is 1. The quantitative estimate of drug-likeness (QED) is 0.528. The second-order valence-electron chi connectivity index (χ2n) is 7.34. The van der Waals surface area contributed by atoms with Crippen LogP contribution in [-0.2, 0) is 28.8 Å². The standard InChI is InChI=1S/C22H28N2O3S/c1-3-27-22(26)20-17-10-9-15(2)13-18(17)28-21(20)24-19(25)14-23-12-11-16-7-5-4-6-8-16/h4-8,15,23H,3,9-14H2,1-2H3,(H,24,25)/p+1/t15-/m1/s1. The Kier molecular flexibility index (Phi) is 7.23. The third kappa shape index (κ3) is 5.20. The maximum atomic E-state index is 12.5. The highest BCUT2D eigenvalue weighted by molar-refractivity contribution is 7.17. The number of carbonyl (C=O) groups is 2. The van der Waals surface area contributed by atoms with Gasteiger partial charge in [0.15, 0.2) is 6.54 Å². The van der Waals surface area contributed by atoms with Crippen LogP contribution in [0.2, 0.25) is 0 Å². The van der Waals surface area contributed by atoms with Gasteiger partial charge in [0.25, 0.3) is 5.91 Å². The molecule has 1 atom stereocenters. The molecule has 3 N–H and O–H groups in total. The average Bonchev–Trinajstić information content (AvgIpc) is 3.03. The van der Waals surface area contributed by atoms with Crippen LogP contribution in [0.25, 0.3) is 0 Å². The van der Waals surface area contributed by atoms with Crippen molar-refractivity contribution in [2.45, 2.75) is 39.5 Å². The maximum Gasteiger partial charge on any atom is 0.341 e. The summed E-state index contributed by atoms with van der Waals surface area (Å²) in [5.41, 5.74) is 2.92. The molecule has 1 aromatic carbocycles. The van der Waals surface area contributed by atoms with Crippen LogP contribution < -0.4 is 10.6 Å². The van der Waals surface area contributed by atoms with Crippen LogP contribution in [0.1, 0.15) is 46.6 Å². The van der Waals surface area contributed by atoms with Crippen LogP contribution >= 0.6 is 11.3 Å². The van der Waals surface area contributed by atoms with Crippen LogP contribution in [0, 0.1) is 5.92 Å². The van der Waals surface area contributed by atoms with Crippen LogP contribution in [0.3, 0.4) is 0 Å². The zero-order valence-corrected chi connectivity index (χ0v) is 17.4. The lowest BCUT2D eigenvalue weighted by molar-refractivity contribution is -0.643. The number of carbonyl (C=O) groups excluding carboxylic acids is 2. The molecule has 0 aliphatic heterocycles. The Morgan fingerprint density at radius 2 is 2.07 bits per heavy atom. The van der Waals surface area contributed by atoms with Gasteiger partial charge in [0.1, 0.15) is 5.00 Å². The third-order valence-corrected chi connectivity index (χ3v) is 6.22. The van der Waals surface area contributed by atoms with E-state index in [4.69, 9.17) is 4.74 Å². The van der Waals surface area contributed by atoms with Gasteiger partial charge in [0, 0.05) is 11.3 Å². The molecule has 0 spiro atoms. The molecule has 0 bridgehead atoms. The molecule has 2 aromatic rings. The summed E-state index contributed by atoms with van der Waals surface area (Å²) in [6.07, 6.45) is 3.83. The molecule has 1 aliphatic carbocycles. The van der Waals surface area contributed by atoms with E-state index in [0.717, 1.165) is 37.8 Å². The van der Waals surface area contributed by atoms with Gasteiger partial charge in [-0.2, -0.15) is 0 Å². The lowest BCUT2D eigenvalue weighted by Gasteiger charge is -2.18. The number of rotatable bonds is 8. The largest absolute Gasteiger partial charge is 0.462 e. The van der Waals surface area contributed by atoms with Gasteiger partial charge in [0.2, 0.25) is 0 Å². The minimum Gasteiger partial charge on any atom is -0.462 e. The number of nitrogens with one attached hydrogen (secondary N) is 1. The number of amides is 1. The van der Waals surface area contributed by atoms with E-state index in [0.29, 0.717) is 29.6 Å². The summed E-state index contributed by atoms with van der Waals surface area (Å²) in [4.78, 5) is 26.2. The monoisotopic (exact) mass is 401 g/mol. The van der Waals surface area contributed by atoms with Crippen molar-refractivity contribution >= 4 is 28.2 Å². The average molecular weight is 402 g/mol. The second-order valence-corrected chi connectivity index (χ2v) is 8.45. The van der Waals surface area contributed by atoms with Gasteiger partial charge in [-0.1, -0.05) is 37.3 Å². The highest BCUT2D eigenvalue weighted by Crippen LogP contribution is 2.40. The molecule has 0 saturated carbocycles. The molecule has 6 heteroatoms. The first-order valence-corrected chi connectivity index (χ1v) is 10.9. The molecule has 5 nitrogen and oxygen atoms in total. The van der Waals surface area contributed by atoms with Gasteiger partial charge in [0.05, 0.1) is 18.7 Å². The Hall–Kier alpha value is -2.18. The number of benzene rings is 1. The summed E-state index contributed by atoms with van der Waals surface area (Å²) >= 11 is 1.54. The predicted octanol–water partition coefficient (Wildman–Crippen LogP) is 2.79. The van der Waals surface area contributed by atoms with E-state index < -0.39 is 0 Å². The fourth-order valence-corrected chi connectivity index (χ4v) is 5.00. The summed E-state index contributed by atoms with van der Waals surface area (Å²) in [6, 6.07) is 10.2. The summed E-state index contributed by atoms with van der Waals surface area (Å²) in [7, 11) is 0. The molecule has 0 unspecified atom stereocenters. The molecular formula is C22H29N2O3S+. The summed E-state index contributed by atoms with van der Waals surface area (Å²) < 4.78 is 5.26. The Balaban J connectivity index is 1.60. The lowest BCUT2D eigenvalue weighted by Crippen LogP contribution is -2.86. The molecule has 0 radical (unpaired) electrons. The summed E-state index contributed by atoms with van der Waals surface area (Å²) in [6.45, 7) is 5.56. The highest BCUT2D eigenvalue weighted by Gasteiger charge is 2.29. The minimum atomic E-state index is -0.321. The van der Waals surface area contributed by atoms with Crippen molar-refractivity contribution in [1.82, 2.24) is 0 Å². The maximum absolute atomic E-state index is 12.5. The third-order valence-electron chi connectivity index (χ3n) is 5.05. The molecule has 0 saturated heterocycles. The van der Waals surface area contributed by atoms with Gasteiger partial charge in [-0.3, -0.25) is 4.79 Å². The SMILES string of the molecule is CCOC(=O)c1c(NC(=O)C[NH2+]CCc2ccccc2)sc2c1CC[C@@H](C)C2. The summed E-state index contributed by atoms with van der Waals surface area (Å²) in [5.74, 6) is 0.208. The van der Waals surface area contributed by atoms with E-state index in [1.807, 2.05) is 23.5 Å². The predicted molar refractivity (Wildman–Crippen MR) is 112 cm³/mol. The first kappa shape index (κ1) is 20.6. The van der Waals surface area contributed by atoms with Gasteiger partial charge in [-0.05, 0) is 43.2 Å². The first-order valence-electron chi connectivity index (χ1n) is 10.1. The highest BCUT2D eigenvalue weighted by atomic mass is 32.1. The molecule has 1 aromatic heterocycles. The van der Waals surface area contributed by atoms with E-state index in [1.54, 1.807) is 6.92 Å². The number of nitrogens with two attached hydrogens (primary N) is 1. The van der Waals surface area contributed by atoms with E-state index in [1.165, 1.54) is 21.8 Å².